The van der Waals surface area contributed by atoms with Gasteiger partial charge in [-0.05, 0) is 115 Å². The first-order valence-corrected chi connectivity index (χ1v) is 23.7. The number of benzene rings is 8. The minimum absolute atomic E-state index is 0.0327. The van der Waals surface area contributed by atoms with Crippen LogP contribution in [0.4, 0.5) is 11.4 Å². The molecule has 308 valence electrons. The molecule has 3 aromatic heterocycles. The minimum Gasteiger partial charge on any atom is -0.456 e. The van der Waals surface area contributed by atoms with Gasteiger partial charge in [0.05, 0.1) is 11.0 Å². The summed E-state index contributed by atoms with van der Waals surface area (Å²) >= 11 is 1.93. The fourth-order valence-electron chi connectivity index (χ4n) is 12.0. The fourth-order valence-corrected chi connectivity index (χ4v) is 13.2. The van der Waals surface area contributed by atoms with E-state index in [1.807, 2.05) is 11.3 Å². The van der Waals surface area contributed by atoms with Gasteiger partial charge in [-0.15, -0.1) is 11.3 Å². The molecule has 2 aliphatic heterocycles. The van der Waals surface area contributed by atoms with Crippen molar-refractivity contribution in [3.8, 4) is 27.9 Å². The van der Waals surface area contributed by atoms with Gasteiger partial charge < -0.3 is 13.8 Å². The molecule has 3 aliphatic rings. The van der Waals surface area contributed by atoms with Gasteiger partial charge in [-0.1, -0.05) is 140 Å². The molecule has 8 aromatic carbocycles. The summed E-state index contributed by atoms with van der Waals surface area (Å²) in [5.74, 6) is 0. The van der Waals surface area contributed by atoms with Crippen molar-refractivity contribution in [2.24, 2.45) is 0 Å². The Balaban J connectivity index is 1.16. The molecule has 14 rings (SSSR count). The van der Waals surface area contributed by atoms with E-state index in [-0.39, 0.29) is 23.1 Å². The molecule has 1 aliphatic carbocycles. The van der Waals surface area contributed by atoms with Gasteiger partial charge in [0.1, 0.15) is 11.2 Å². The summed E-state index contributed by atoms with van der Waals surface area (Å²) in [5.41, 5.74) is 21.5. The van der Waals surface area contributed by atoms with Crippen molar-refractivity contribution in [2.45, 2.75) is 71.6 Å². The van der Waals surface area contributed by atoms with E-state index >= 15 is 0 Å². The molecule has 0 spiro atoms. The fraction of sp³-hybridized carbons (Fsp3) is 0.186. The van der Waals surface area contributed by atoms with Gasteiger partial charge in [0.2, 0.25) is 0 Å². The highest BCUT2D eigenvalue weighted by Crippen LogP contribution is 2.55. The van der Waals surface area contributed by atoms with Gasteiger partial charge in [-0.25, -0.2) is 0 Å². The van der Waals surface area contributed by atoms with Crippen LogP contribution in [-0.2, 0) is 16.2 Å². The molecule has 0 unspecified atom stereocenters. The summed E-state index contributed by atoms with van der Waals surface area (Å²) in [6.45, 7) is 18.5. The van der Waals surface area contributed by atoms with Crippen LogP contribution in [0.25, 0.3) is 91.9 Å². The van der Waals surface area contributed by atoms with Gasteiger partial charge in [0.15, 0.2) is 0 Å². The lowest BCUT2D eigenvalue weighted by Gasteiger charge is -2.42. The maximum absolute atomic E-state index is 6.77. The van der Waals surface area contributed by atoms with E-state index in [2.05, 4.69) is 204 Å². The number of furan rings is 1. The second-order valence-corrected chi connectivity index (χ2v) is 22.4. The Kier molecular flexibility index (Phi) is 6.89. The Labute approximate surface area is 377 Å². The van der Waals surface area contributed by atoms with E-state index < -0.39 is 0 Å². The lowest BCUT2D eigenvalue weighted by Crippen LogP contribution is -2.60. The van der Waals surface area contributed by atoms with E-state index in [1.165, 1.54) is 114 Å². The van der Waals surface area contributed by atoms with Crippen LogP contribution < -0.4 is 15.7 Å². The molecule has 0 saturated heterocycles. The lowest BCUT2D eigenvalue weighted by atomic mass is 9.44. The summed E-state index contributed by atoms with van der Waals surface area (Å²) < 4.78 is 12.1. The average molecular weight is 843 g/mol. The van der Waals surface area contributed by atoms with E-state index in [1.54, 1.807) is 0 Å². The molecular weight excluding hydrogens is 796 g/mol. The molecule has 11 aromatic rings. The standard InChI is InChI=1S/C59H47BN2OS/c1-57(2,3)32-17-20-34(21-18-32)62-47-31-52-42(36-22-19-33(58(4,5)6)27-51(36)64-52)28-40(47)37-23-24-39-54-46(26-25-44-53(54)38-14-9-11-15-43(38)59(44,7)8)61-48-29-41-35-13-10-12-16-49(35)63-50(41)30-45(48)60(62)55(37)56(39)61/h9-31H,1-8H3. The van der Waals surface area contributed by atoms with Crippen LogP contribution in [0.1, 0.15) is 77.6 Å². The van der Waals surface area contributed by atoms with Gasteiger partial charge in [-0.3, -0.25) is 0 Å². The number of hydrogen-bond donors (Lipinski definition) is 0. The topological polar surface area (TPSA) is 21.3 Å². The van der Waals surface area contributed by atoms with Gasteiger partial charge >= 0.3 is 6.85 Å². The van der Waals surface area contributed by atoms with Crippen LogP contribution in [0.3, 0.4) is 0 Å². The van der Waals surface area contributed by atoms with Crippen molar-refractivity contribution < 1.29 is 4.42 Å². The number of thiophene rings is 1. The van der Waals surface area contributed by atoms with Crippen molar-refractivity contribution in [1.29, 1.82) is 0 Å². The maximum atomic E-state index is 6.77. The smallest absolute Gasteiger partial charge is 0.333 e. The summed E-state index contributed by atoms with van der Waals surface area (Å²) in [5, 5.41) is 7.61. The molecule has 64 heavy (non-hydrogen) atoms. The molecule has 0 bridgehead atoms. The number of nitrogens with zero attached hydrogens (tertiary/aromatic N) is 2. The van der Waals surface area contributed by atoms with Crippen LogP contribution in [0.15, 0.2) is 144 Å². The van der Waals surface area contributed by atoms with Crippen LogP contribution >= 0.6 is 11.3 Å². The third kappa shape index (κ3) is 4.63. The van der Waals surface area contributed by atoms with Crippen molar-refractivity contribution >= 4 is 104 Å². The average Bonchev–Trinajstić information content (AvgIpc) is 4.00. The third-order valence-corrected chi connectivity index (χ3v) is 16.4. The van der Waals surface area contributed by atoms with Crippen molar-refractivity contribution in [3.05, 3.63) is 162 Å². The number of anilines is 2. The molecule has 0 atom stereocenters. The van der Waals surface area contributed by atoms with Crippen LogP contribution in [-0.4, -0.2) is 11.4 Å². The first-order chi connectivity index (χ1) is 30.8. The lowest BCUT2D eigenvalue weighted by molar-refractivity contribution is 0.590. The zero-order chi connectivity index (χ0) is 43.3. The van der Waals surface area contributed by atoms with Crippen LogP contribution in [0, 0.1) is 0 Å². The van der Waals surface area contributed by atoms with E-state index in [0.717, 1.165) is 21.9 Å². The molecule has 0 radical (unpaired) electrons. The third-order valence-electron chi connectivity index (χ3n) is 15.3. The number of para-hydroxylation sites is 1. The summed E-state index contributed by atoms with van der Waals surface area (Å²) in [7, 11) is 0. The van der Waals surface area contributed by atoms with Gasteiger partial charge in [0.25, 0.3) is 0 Å². The Morgan fingerprint density at radius 1 is 0.547 bits per heavy atom. The van der Waals surface area contributed by atoms with E-state index in [9.17, 15) is 0 Å². The minimum atomic E-state index is -0.118. The van der Waals surface area contributed by atoms with E-state index in [4.69, 9.17) is 4.42 Å². The molecule has 0 fully saturated rings. The zero-order valence-corrected chi connectivity index (χ0v) is 38.4. The molecule has 0 N–H and O–H groups in total. The summed E-state index contributed by atoms with van der Waals surface area (Å²) in [6.07, 6.45) is 0. The summed E-state index contributed by atoms with van der Waals surface area (Å²) in [4.78, 5) is 2.67. The Bertz CT molecular complexity index is 3900. The maximum Gasteiger partial charge on any atom is 0.333 e. The van der Waals surface area contributed by atoms with E-state index in [0.29, 0.717) is 0 Å². The Morgan fingerprint density at radius 3 is 2.09 bits per heavy atom. The SMILES string of the molecule is CC(C)(C)c1ccc(N2B3c4cc5oc6ccccc6c5cc4-n4c5ccc6c(c5c5ccc(c3c54)-c3cc4c(cc32)sc2cc(C(C)(C)C)ccc24)-c2ccccc2C6(C)C)cc1. The highest BCUT2D eigenvalue weighted by Gasteiger charge is 2.46. The van der Waals surface area contributed by atoms with Crippen molar-refractivity contribution in [1.82, 2.24) is 4.57 Å². The molecular formula is C59H47BN2OS. The normalized spacial score (nSPS) is 14.9. The van der Waals surface area contributed by atoms with Crippen LogP contribution in [0.2, 0.25) is 0 Å². The van der Waals surface area contributed by atoms with Gasteiger partial charge in [0, 0.05) is 69.8 Å². The number of hydrogen-bond acceptors (Lipinski definition) is 3. The largest absolute Gasteiger partial charge is 0.456 e. The zero-order valence-electron chi connectivity index (χ0n) is 37.6. The van der Waals surface area contributed by atoms with Crippen molar-refractivity contribution in [3.63, 3.8) is 0 Å². The molecule has 3 nitrogen and oxygen atoms in total. The highest BCUT2D eigenvalue weighted by atomic mass is 32.1. The Hall–Kier alpha value is -6.56. The number of fused-ring (bicyclic) bond motifs is 18. The second kappa shape index (κ2) is 12.0. The molecule has 5 heteroatoms. The van der Waals surface area contributed by atoms with Crippen molar-refractivity contribution in [2.75, 3.05) is 4.81 Å². The second-order valence-electron chi connectivity index (χ2n) is 21.3. The number of rotatable bonds is 1. The first-order valence-electron chi connectivity index (χ1n) is 22.9. The monoisotopic (exact) mass is 842 g/mol. The molecule has 0 amide bonds. The van der Waals surface area contributed by atoms with Gasteiger partial charge in [-0.2, -0.15) is 0 Å². The quantitative estimate of drug-likeness (QED) is 0.154. The highest BCUT2D eigenvalue weighted by molar-refractivity contribution is 7.25. The molecule has 5 heterocycles. The first kappa shape index (κ1) is 36.9. The number of aromatic nitrogens is 1. The Morgan fingerprint density at radius 2 is 1.28 bits per heavy atom. The molecule has 0 saturated carbocycles. The predicted octanol–water partition coefficient (Wildman–Crippen LogP) is 15.2. The predicted molar refractivity (Wildman–Crippen MR) is 275 cm³/mol. The van der Waals surface area contributed by atoms with Crippen LogP contribution in [0.5, 0.6) is 0 Å². The summed E-state index contributed by atoms with van der Waals surface area (Å²) in [6, 6.07) is 53.8.